The summed E-state index contributed by atoms with van der Waals surface area (Å²) >= 11 is 0. The van der Waals surface area contributed by atoms with Crippen LogP contribution >= 0.6 is 0 Å². The van der Waals surface area contributed by atoms with Crippen LogP contribution in [-0.2, 0) is 16.0 Å². The van der Waals surface area contributed by atoms with Gasteiger partial charge >= 0.3 is 11.8 Å². The number of nitrogens with one attached hydrogen (secondary N) is 2. The molecule has 2 amide bonds. The normalized spacial score (nSPS) is 11.8. The minimum Gasteiger partial charge on any atom is -0.378 e. The number of carbonyl (C=O) groups excluding carboxylic acids is 2. The number of benzene rings is 2. The van der Waals surface area contributed by atoms with Crippen LogP contribution in [0.1, 0.15) is 23.6 Å². The molecular formula is C23H32N4O2. The van der Waals surface area contributed by atoms with E-state index in [-0.39, 0.29) is 6.04 Å². The monoisotopic (exact) mass is 396 g/mol. The number of amides is 2. The SMILES string of the molecule is CN(C)c1ccc(C(CNC(=O)C(=O)NCCCc2ccccc2)N(C)C)cc1. The van der Waals surface area contributed by atoms with E-state index in [9.17, 15) is 9.59 Å². The second-order valence-corrected chi connectivity index (χ2v) is 7.52. The molecule has 156 valence electrons. The summed E-state index contributed by atoms with van der Waals surface area (Å²) in [6, 6.07) is 18.3. The van der Waals surface area contributed by atoms with Gasteiger partial charge in [-0.2, -0.15) is 0 Å². The number of hydrogen-bond donors (Lipinski definition) is 2. The van der Waals surface area contributed by atoms with Crippen molar-refractivity contribution in [3.63, 3.8) is 0 Å². The Hall–Kier alpha value is -2.86. The molecule has 0 fully saturated rings. The Morgan fingerprint density at radius 2 is 1.48 bits per heavy atom. The van der Waals surface area contributed by atoms with Crippen molar-refractivity contribution in [1.82, 2.24) is 15.5 Å². The molecule has 0 aromatic heterocycles. The Labute approximate surface area is 173 Å². The summed E-state index contributed by atoms with van der Waals surface area (Å²) in [5.74, 6) is -1.18. The van der Waals surface area contributed by atoms with Gasteiger partial charge in [-0.1, -0.05) is 42.5 Å². The molecule has 2 aromatic rings. The standard InChI is InChI=1S/C23H32N4O2/c1-26(2)20-14-12-19(13-15-20)21(27(3)4)17-25-23(29)22(28)24-16-8-11-18-9-6-5-7-10-18/h5-7,9-10,12-15,21H,8,11,16-17H2,1-4H3,(H,24,28)(H,25,29). The third kappa shape index (κ3) is 7.23. The van der Waals surface area contributed by atoms with E-state index in [0.717, 1.165) is 24.1 Å². The lowest BCUT2D eigenvalue weighted by molar-refractivity contribution is -0.139. The summed E-state index contributed by atoms with van der Waals surface area (Å²) in [4.78, 5) is 28.3. The first kappa shape index (κ1) is 22.4. The van der Waals surface area contributed by atoms with E-state index in [0.29, 0.717) is 13.1 Å². The molecule has 6 heteroatoms. The summed E-state index contributed by atoms with van der Waals surface area (Å²) in [5.41, 5.74) is 3.43. The largest absolute Gasteiger partial charge is 0.378 e. The summed E-state index contributed by atoms with van der Waals surface area (Å²) in [6.07, 6.45) is 1.66. The third-order valence-electron chi connectivity index (χ3n) is 4.85. The van der Waals surface area contributed by atoms with Crippen molar-refractivity contribution in [2.24, 2.45) is 0 Å². The minimum absolute atomic E-state index is 0.0129. The highest BCUT2D eigenvalue weighted by Gasteiger charge is 2.18. The number of hydrogen-bond acceptors (Lipinski definition) is 4. The molecule has 0 aliphatic carbocycles. The van der Waals surface area contributed by atoms with Crippen molar-refractivity contribution < 1.29 is 9.59 Å². The van der Waals surface area contributed by atoms with E-state index in [2.05, 4.69) is 34.9 Å². The number of nitrogens with zero attached hydrogens (tertiary/aromatic N) is 2. The van der Waals surface area contributed by atoms with Gasteiger partial charge in [0.2, 0.25) is 0 Å². The predicted octanol–water partition coefficient (Wildman–Crippen LogP) is 2.22. The fraction of sp³-hybridized carbons (Fsp3) is 0.391. The number of aryl methyl sites for hydroxylation is 1. The van der Waals surface area contributed by atoms with Crippen LogP contribution in [0.2, 0.25) is 0 Å². The van der Waals surface area contributed by atoms with E-state index in [1.165, 1.54) is 5.56 Å². The van der Waals surface area contributed by atoms with Gasteiger partial charge in [-0.25, -0.2) is 0 Å². The molecule has 0 aliphatic heterocycles. The zero-order valence-corrected chi connectivity index (χ0v) is 17.8. The molecule has 29 heavy (non-hydrogen) atoms. The van der Waals surface area contributed by atoms with E-state index >= 15 is 0 Å². The van der Waals surface area contributed by atoms with Crippen molar-refractivity contribution in [2.75, 3.05) is 46.2 Å². The van der Waals surface area contributed by atoms with Gasteiger partial charge in [0.1, 0.15) is 0 Å². The van der Waals surface area contributed by atoms with Crippen LogP contribution in [0.3, 0.4) is 0 Å². The summed E-state index contributed by atoms with van der Waals surface area (Å²) in [7, 11) is 7.91. The maximum atomic E-state index is 12.2. The highest BCUT2D eigenvalue weighted by Crippen LogP contribution is 2.20. The molecule has 2 aromatic carbocycles. The third-order valence-corrected chi connectivity index (χ3v) is 4.85. The van der Waals surface area contributed by atoms with Crippen LogP contribution in [-0.4, -0.2) is 58.0 Å². The maximum absolute atomic E-state index is 12.2. The molecule has 0 heterocycles. The minimum atomic E-state index is -0.596. The lowest BCUT2D eigenvalue weighted by atomic mass is 10.1. The van der Waals surface area contributed by atoms with Crippen molar-refractivity contribution >= 4 is 17.5 Å². The topological polar surface area (TPSA) is 64.7 Å². The summed E-state index contributed by atoms with van der Waals surface area (Å²) in [5, 5.41) is 5.45. The van der Waals surface area contributed by atoms with Gasteiger partial charge in [0.05, 0.1) is 6.04 Å². The van der Waals surface area contributed by atoms with E-state index < -0.39 is 11.8 Å². The molecule has 1 unspecified atom stereocenters. The Morgan fingerprint density at radius 1 is 0.862 bits per heavy atom. The Kier molecular flexibility index (Phi) is 8.68. The lowest BCUT2D eigenvalue weighted by Crippen LogP contribution is -2.43. The molecule has 0 spiro atoms. The molecule has 6 nitrogen and oxygen atoms in total. The van der Waals surface area contributed by atoms with Crippen molar-refractivity contribution in [1.29, 1.82) is 0 Å². The Bertz CT molecular complexity index is 773. The van der Waals surface area contributed by atoms with Gasteiger partial charge in [-0.05, 0) is 50.2 Å². The van der Waals surface area contributed by atoms with E-state index in [4.69, 9.17) is 0 Å². The molecule has 0 saturated heterocycles. The van der Waals surface area contributed by atoms with Gasteiger partial charge in [0.15, 0.2) is 0 Å². The van der Waals surface area contributed by atoms with Gasteiger partial charge in [0, 0.05) is 32.9 Å². The van der Waals surface area contributed by atoms with Gasteiger partial charge in [0.25, 0.3) is 0 Å². The highest BCUT2D eigenvalue weighted by molar-refractivity contribution is 6.35. The van der Waals surface area contributed by atoms with Crippen LogP contribution in [0.25, 0.3) is 0 Å². The first-order chi connectivity index (χ1) is 13.9. The summed E-state index contributed by atoms with van der Waals surface area (Å²) in [6.45, 7) is 0.842. The van der Waals surface area contributed by atoms with Gasteiger partial charge in [-0.3, -0.25) is 9.59 Å². The van der Waals surface area contributed by atoms with Crippen LogP contribution in [0.15, 0.2) is 54.6 Å². The zero-order valence-electron chi connectivity index (χ0n) is 17.8. The van der Waals surface area contributed by atoms with Gasteiger partial charge in [-0.15, -0.1) is 0 Å². The second kappa shape index (κ2) is 11.2. The molecule has 0 saturated carbocycles. The van der Waals surface area contributed by atoms with Crippen LogP contribution in [0, 0.1) is 0 Å². The van der Waals surface area contributed by atoms with E-state index in [1.54, 1.807) is 0 Å². The molecule has 0 aliphatic rings. The van der Waals surface area contributed by atoms with Crippen molar-refractivity contribution in [2.45, 2.75) is 18.9 Å². The van der Waals surface area contributed by atoms with Gasteiger partial charge < -0.3 is 20.4 Å². The number of carbonyl (C=O) groups is 2. The first-order valence-electron chi connectivity index (χ1n) is 9.92. The Morgan fingerprint density at radius 3 is 2.07 bits per heavy atom. The lowest BCUT2D eigenvalue weighted by Gasteiger charge is -2.25. The predicted molar refractivity (Wildman–Crippen MR) is 118 cm³/mol. The molecular weight excluding hydrogens is 364 g/mol. The highest BCUT2D eigenvalue weighted by atomic mass is 16.2. The average Bonchev–Trinajstić information content (AvgIpc) is 2.72. The molecule has 0 radical (unpaired) electrons. The zero-order chi connectivity index (χ0) is 21.2. The quantitative estimate of drug-likeness (QED) is 0.504. The van der Waals surface area contributed by atoms with Crippen molar-refractivity contribution in [3.8, 4) is 0 Å². The van der Waals surface area contributed by atoms with Crippen LogP contribution < -0.4 is 15.5 Å². The second-order valence-electron chi connectivity index (χ2n) is 7.52. The number of rotatable bonds is 9. The molecule has 2 N–H and O–H groups in total. The smallest absolute Gasteiger partial charge is 0.309 e. The van der Waals surface area contributed by atoms with Crippen LogP contribution in [0.4, 0.5) is 5.69 Å². The number of anilines is 1. The average molecular weight is 397 g/mol. The maximum Gasteiger partial charge on any atom is 0.309 e. The first-order valence-corrected chi connectivity index (χ1v) is 9.92. The molecule has 1 atom stereocenters. The fourth-order valence-corrected chi connectivity index (χ4v) is 3.08. The Balaban J connectivity index is 1.79. The van der Waals surface area contributed by atoms with E-state index in [1.807, 2.05) is 68.3 Å². The number of likely N-dealkylation sites (N-methyl/N-ethyl adjacent to an activating group) is 1. The molecule has 2 rings (SSSR count). The molecule has 0 bridgehead atoms. The summed E-state index contributed by atoms with van der Waals surface area (Å²) < 4.78 is 0. The van der Waals surface area contributed by atoms with Crippen molar-refractivity contribution in [3.05, 3.63) is 65.7 Å². The fourth-order valence-electron chi connectivity index (χ4n) is 3.08. The van der Waals surface area contributed by atoms with Crippen LogP contribution in [0.5, 0.6) is 0 Å².